The lowest BCUT2D eigenvalue weighted by molar-refractivity contribution is -0.160. The van der Waals surface area contributed by atoms with E-state index in [1.807, 2.05) is 0 Å². The number of nitrogens with two attached hydrogens (primary N) is 1. The number of Topliss-reactive ketones (excluding diaryl/α,β-unsaturated/α-hetero) is 2. The van der Waals surface area contributed by atoms with Crippen LogP contribution in [0.5, 0.6) is 5.75 Å². The molecule has 0 bridgehead atoms. The molecule has 33 heavy (non-hydrogen) atoms. The van der Waals surface area contributed by atoms with E-state index in [2.05, 4.69) is 4.74 Å². The molecule has 7 N–H and O–H groups in total. The van der Waals surface area contributed by atoms with Crippen LogP contribution in [0.4, 0.5) is 0 Å². The summed E-state index contributed by atoms with van der Waals surface area (Å²) < 4.78 is 4.60. The van der Waals surface area contributed by atoms with Gasteiger partial charge in [-0.15, -0.1) is 0 Å². The zero-order valence-electron chi connectivity index (χ0n) is 17.5. The molecule has 0 aromatic heterocycles. The number of fused-ring (bicyclic) bond motifs is 3. The first kappa shape index (κ1) is 22.5. The highest BCUT2D eigenvalue weighted by atomic mass is 16.5. The minimum atomic E-state index is -2.91. The lowest BCUT2D eigenvalue weighted by Gasteiger charge is -2.50. The van der Waals surface area contributed by atoms with Gasteiger partial charge in [0, 0.05) is 23.8 Å². The minimum Gasteiger partial charge on any atom is -0.508 e. The Hall–Kier alpha value is -3.70. The highest BCUT2D eigenvalue weighted by Crippen LogP contribution is 2.55. The van der Waals surface area contributed by atoms with Crippen molar-refractivity contribution in [1.82, 2.24) is 0 Å². The van der Waals surface area contributed by atoms with Gasteiger partial charge in [-0.25, -0.2) is 4.79 Å². The maximum atomic E-state index is 13.5. The van der Waals surface area contributed by atoms with Crippen molar-refractivity contribution in [1.29, 1.82) is 0 Å². The summed E-state index contributed by atoms with van der Waals surface area (Å²) in [6.07, 6.45) is -2.27. The van der Waals surface area contributed by atoms with Crippen LogP contribution in [0.3, 0.4) is 0 Å². The van der Waals surface area contributed by atoms with E-state index in [0.717, 1.165) is 7.11 Å². The Morgan fingerprint density at radius 1 is 1.18 bits per heavy atom. The number of benzene rings is 1. The van der Waals surface area contributed by atoms with Gasteiger partial charge in [-0.2, -0.15) is 0 Å². The lowest BCUT2D eigenvalue weighted by atomic mass is 9.55. The Kier molecular flexibility index (Phi) is 4.88. The van der Waals surface area contributed by atoms with Crippen LogP contribution in [0.15, 0.2) is 29.0 Å². The molecule has 0 radical (unpaired) electrons. The molecule has 1 aromatic rings. The third-order valence-electron chi connectivity index (χ3n) is 6.91. The van der Waals surface area contributed by atoms with Gasteiger partial charge in [-0.05, 0) is 17.5 Å². The quantitative estimate of drug-likeness (QED) is 0.252. The van der Waals surface area contributed by atoms with Crippen molar-refractivity contribution >= 4 is 29.2 Å². The van der Waals surface area contributed by atoms with Crippen molar-refractivity contribution in [3.63, 3.8) is 0 Å². The third-order valence-corrected chi connectivity index (χ3v) is 6.91. The van der Waals surface area contributed by atoms with Crippen LogP contribution in [-0.4, -0.2) is 67.8 Å². The van der Waals surface area contributed by atoms with E-state index in [0.29, 0.717) is 5.56 Å². The minimum absolute atomic E-state index is 0.273. The van der Waals surface area contributed by atoms with Crippen LogP contribution in [0.25, 0.3) is 5.76 Å². The van der Waals surface area contributed by atoms with E-state index in [4.69, 9.17) is 5.73 Å². The molecule has 11 nitrogen and oxygen atoms in total. The van der Waals surface area contributed by atoms with Crippen LogP contribution in [0.1, 0.15) is 40.7 Å². The molecule has 3 aliphatic rings. The predicted octanol–water partition coefficient (Wildman–Crippen LogP) is -0.258. The number of hydrogen-bond donors (Lipinski definition) is 6. The number of carbonyl (C=O) groups excluding carboxylic acids is 4. The topological polar surface area (TPSA) is 205 Å². The first-order valence-electron chi connectivity index (χ1n) is 9.99. The summed E-state index contributed by atoms with van der Waals surface area (Å²) in [6, 6.07) is 2.69. The summed E-state index contributed by atoms with van der Waals surface area (Å²) in [6.45, 7) is 1.59. The van der Waals surface area contributed by atoms with Gasteiger partial charge < -0.3 is 36.0 Å². The van der Waals surface area contributed by atoms with Gasteiger partial charge in [0.05, 0.1) is 18.8 Å². The monoisotopic (exact) mass is 459 g/mol. The molecule has 1 fully saturated rings. The summed E-state index contributed by atoms with van der Waals surface area (Å²) in [5.41, 5.74) is 0.455. The molecule has 1 amide bonds. The number of ether oxygens (including phenoxy) is 1. The number of aromatic hydroxyl groups is 1. The molecule has 4 rings (SSSR count). The Morgan fingerprint density at radius 3 is 2.39 bits per heavy atom. The first-order chi connectivity index (χ1) is 15.4. The molecule has 0 aliphatic heterocycles. The van der Waals surface area contributed by atoms with Gasteiger partial charge in [0.15, 0.2) is 11.4 Å². The standard InChI is InChI=1S/C22H21NO10/c1-6-7-3-4-8(21(31)33-2)15(25)12(7)17(27)14-11(6)16(26)9-5-10(24)13(20(23)30)18(28)22(9,32)19(14)29/h3-4,6,9,11,16,25-28,32H,5H2,1-2H3,(H2,23,30)/t6-,9?,11?,16+,22+/m0/s1. The van der Waals surface area contributed by atoms with Gasteiger partial charge in [-0.3, -0.25) is 14.4 Å². The van der Waals surface area contributed by atoms with Gasteiger partial charge in [0.2, 0.25) is 5.78 Å². The number of esters is 1. The van der Waals surface area contributed by atoms with Crippen molar-refractivity contribution in [2.24, 2.45) is 17.6 Å². The fraction of sp³-hybridized carbons (Fsp3) is 0.364. The second kappa shape index (κ2) is 7.15. The van der Waals surface area contributed by atoms with Crippen molar-refractivity contribution < 1.29 is 49.4 Å². The van der Waals surface area contributed by atoms with Crippen molar-refractivity contribution in [2.75, 3.05) is 7.11 Å². The molecule has 0 saturated heterocycles. The van der Waals surface area contributed by atoms with Crippen LogP contribution in [0.2, 0.25) is 0 Å². The van der Waals surface area contributed by atoms with Gasteiger partial charge in [-0.1, -0.05) is 13.0 Å². The number of carbonyl (C=O) groups is 4. The second-order valence-corrected chi connectivity index (χ2v) is 8.40. The Bertz CT molecular complexity index is 1210. The van der Waals surface area contributed by atoms with Crippen LogP contribution in [0, 0.1) is 11.8 Å². The summed E-state index contributed by atoms with van der Waals surface area (Å²) >= 11 is 0. The molecule has 1 aromatic carbocycles. The van der Waals surface area contributed by atoms with Crippen LogP contribution >= 0.6 is 0 Å². The van der Waals surface area contributed by atoms with Crippen molar-refractivity contribution in [3.05, 3.63) is 45.7 Å². The normalized spacial score (nSPS) is 31.0. The van der Waals surface area contributed by atoms with Gasteiger partial charge >= 0.3 is 5.97 Å². The van der Waals surface area contributed by atoms with E-state index in [1.54, 1.807) is 6.92 Å². The summed E-state index contributed by atoms with van der Waals surface area (Å²) in [7, 11) is 1.09. The largest absolute Gasteiger partial charge is 0.508 e. The molecule has 11 heteroatoms. The fourth-order valence-corrected chi connectivity index (χ4v) is 5.27. The number of aliphatic hydroxyl groups is 4. The summed E-state index contributed by atoms with van der Waals surface area (Å²) in [4.78, 5) is 49.5. The number of amides is 1. The van der Waals surface area contributed by atoms with E-state index in [-0.39, 0.29) is 11.1 Å². The third kappa shape index (κ3) is 2.69. The molecule has 174 valence electrons. The Morgan fingerprint density at radius 2 is 1.82 bits per heavy atom. The summed E-state index contributed by atoms with van der Waals surface area (Å²) in [5, 5.41) is 54.6. The van der Waals surface area contributed by atoms with E-state index < -0.39 is 87.7 Å². The van der Waals surface area contributed by atoms with Gasteiger partial charge in [0.25, 0.3) is 5.91 Å². The fourth-order valence-electron chi connectivity index (χ4n) is 5.27. The van der Waals surface area contributed by atoms with Crippen molar-refractivity contribution in [2.45, 2.75) is 31.0 Å². The van der Waals surface area contributed by atoms with E-state index >= 15 is 0 Å². The molecule has 3 aliphatic carbocycles. The second-order valence-electron chi connectivity index (χ2n) is 8.40. The molecular weight excluding hydrogens is 438 g/mol. The molecule has 5 atom stereocenters. The Labute approximate surface area is 186 Å². The van der Waals surface area contributed by atoms with Crippen LogP contribution < -0.4 is 5.73 Å². The highest BCUT2D eigenvalue weighted by molar-refractivity contribution is 6.23. The average Bonchev–Trinajstić information content (AvgIpc) is 2.75. The number of ketones is 2. The Balaban J connectivity index is 2.01. The molecule has 1 saturated carbocycles. The summed E-state index contributed by atoms with van der Waals surface area (Å²) in [5.74, 6) is -10.7. The van der Waals surface area contributed by atoms with E-state index in [1.165, 1.54) is 12.1 Å². The number of hydrogen-bond acceptors (Lipinski definition) is 10. The number of rotatable bonds is 2. The number of aliphatic hydroxyl groups excluding tert-OH is 3. The first-order valence-corrected chi connectivity index (χ1v) is 9.99. The highest BCUT2D eigenvalue weighted by Gasteiger charge is 2.64. The smallest absolute Gasteiger partial charge is 0.341 e. The van der Waals surface area contributed by atoms with Crippen molar-refractivity contribution in [3.8, 4) is 5.75 Å². The lowest BCUT2D eigenvalue weighted by Crippen LogP contribution is -2.63. The molecule has 2 unspecified atom stereocenters. The predicted molar refractivity (Wildman–Crippen MR) is 109 cm³/mol. The van der Waals surface area contributed by atoms with E-state index in [9.17, 15) is 44.7 Å². The maximum Gasteiger partial charge on any atom is 0.341 e. The van der Waals surface area contributed by atoms with Gasteiger partial charge in [0.1, 0.15) is 28.4 Å². The number of phenols is 1. The number of phenolic OH excluding ortho intramolecular Hbond substituents is 1. The molecule has 0 spiro atoms. The van der Waals surface area contributed by atoms with Crippen LogP contribution in [-0.2, 0) is 19.1 Å². The average molecular weight is 459 g/mol. The number of methoxy groups -OCH3 is 1. The molecule has 0 heterocycles. The SMILES string of the molecule is COC(=O)c1ccc2c(c1O)C(O)=C1C(=O)[C@]3(O)C(O)=C(C(N)=O)C(=O)CC3[C@@H](O)C1[C@H]2C. The maximum absolute atomic E-state index is 13.5. The zero-order valence-corrected chi connectivity index (χ0v) is 17.5. The zero-order chi connectivity index (χ0) is 24.6. The molecular formula is C22H21NO10. The number of primary amides is 1.